The number of nitrogens with zero attached hydrogens (tertiary/aromatic N) is 2. The number of fused-ring (bicyclic) bond motifs is 6. The van der Waals surface area contributed by atoms with Gasteiger partial charge in [-0.2, -0.15) is 5.10 Å². The van der Waals surface area contributed by atoms with Crippen molar-refractivity contribution in [3.05, 3.63) is 30.2 Å². The number of carbonyl (C=O) groups is 1. The second-order valence-electron chi connectivity index (χ2n) is 12.0. The number of ketones is 1. The number of hydrogen-bond acceptors (Lipinski definition) is 2. The van der Waals surface area contributed by atoms with Crippen LogP contribution in [0.25, 0.3) is 10.9 Å². The van der Waals surface area contributed by atoms with Gasteiger partial charge in [0, 0.05) is 11.3 Å². The number of halogens is 1. The summed E-state index contributed by atoms with van der Waals surface area (Å²) in [6, 6.07) is 4.71. The van der Waals surface area contributed by atoms with Crippen LogP contribution in [0, 0.1) is 52.7 Å². The second kappa shape index (κ2) is 7.67. The summed E-state index contributed by atoms with van der Waals surface area (Å²) in [4.78, 5) is 13.6. The van der Waals surface area contributed by atoms with E-state index in [9.17, 15) is 9.18 Å². The zero-order valence-corrected chi connectivity index (χ0v) is 19.6. The normalized spacial score (nSPS) is 41.2. The molecule has 2 aromatic rings. The Bertz CT molecular complexity index is 1030. The number of Topliss-reactive ketones (excluding diaryl/α,β-unsaturated/α-hetero) is 1. The molecule has 0 bridgehead atoms. The third kappa shape index (κ3) is 3.19. The molecule has 4 aliphatic carbocycles. The van der Waals surface area contributed by atoms with Gasteiger partial charge in [0.1, 0.15) is 12.4 Å². The fourth-order valence-electron chi connectivity index (χ4n) is 9.04. The SMILES string of the molecule is C[C@H]1CC[C@@H]2C3CC[C@@]4(C)C(CC[C@@H]4C(=O)Cn4ncc5ccc(F)cc54)[C@@H]3CC[C@@H]2C1. The molecule has 0 aliphatic heterocycles. The van der Waals surface area contributed by atoms with Crippen molar-refractivity contribution < 1.29 is 9.18 Å². The molecule has 0 radical (unpaired) electrons. The topological polar surface area (TPSA) is 34.9 Å². The third-order valence-corrected chi connectivity index (χ3v) is 10.5. The van der Waals surface area contributed by atoms with Crippen molar-refractivity contribution in [1.29, 1.82) is 0 Å². The molecular weight excluding hydrogens is 399 g/mol. The minimum Gasteiger partial charge on any atom is -0.297 e. The van der Waals surface area contributed by atoms with Crippen molar-refractivity contribution in [2.75, 3.05) is 0 Å². The lowest BCUT2D eigenvalue weighted by molar-refractivity contribution is -0.131. The quantitative estimate of drug-likeness (QED) is 0.540. The average molecular weight is 437 g/mol. The molecule has 4 fully saturated rings. The summed E-state index contributed by atoms with van der Waals surface area (Å²) in [7, 11) is 0. The van der Waals surface area contributed by atoms with E-state index in [1.807, 2.05) is 0 Å². The molecule has 0 N–H and O–H groups in total. The Morgan fingerprint density at radius 2 is 1.94 bits per heavy atom. The van der Waals surface area contributed by atoms with E-state index in [4.69, 9.17) is 0 Å². The summed E-state index contributed by atoms with van der Waals surface area (Å²) in [6.07, 6.45) is 13.7. The molecule has 4 saturated carbocycles. The van der Waals surface area contributed by atoms with Gasteiger partial charge in [0.15, 0.2) is 5.78 Å². The molecule has 0 saturated heterocycles. The Labute approximate surface area is 191 Å². The first-order valence-electron chi connectivity index (χ1n) is 13.1. The average Bonchev–Trinajstić information content (AvgIpc) is 3.33. The van der Waals surface area contributed by atoms with E-state index in [0.29, 0.717) is 11.7 Å². The van der Waals surface area contributed by atoms with Gasteiger partial charge in [0.25, 0.3) is 0 Å². The summed E-state index contributed by atoms with van der Waals surface area (Å²) >= 11 is 0. The summed E-state index contributed by atoms with van der Waals surface area (Å²) in [5.74, 6) is 5.46. The van der Waals surface area contributed by atoms with Crippen LogP contribution in [0.1, 0.15) is 71.6 Å². The first-order chi connectivity index (χ1) is 15.4. The van der Waals surface area contributed by atoms with E-state index >= 15 is 0 Å². The van der Waals surface area contributed by atoms with Gasteiger partial charge in [0.05, 0.1) is 11.7 Å². The lowest BCUT2D eigenvalue weighted by Gasteiger charge is -2.56. The number of carbonyl (C=O) groups excluding carboxylic acids is 1. The first-order valence-corrected chi connectivity index (χ1v) is 13.1. The molecule has 8 atom stereocenters. The van der Waals surface area contributed by atoms with Crippen molar-refractivity contribution in [1.82, 2.24) is 9.78 Å². The highest BCUT2D eigenvalue weighted by molar-refractivity contribution is 5.85. The smallest absolute Gasteiger partial charge is 0.157 e. The molecule has 4 aliphatic rings. The van der Waals surface area contributed by atoms with Crippen LogP contribution in [-0.4, -0.2) is 15.6 Å². The zero-order valence-electron chi connectivity index (χ0n) is 19.6. The van der Waals surface area contributed by atoms with Gasteiger partial charge in [-0.05, 0) is 110 Å². The van der Waals surface area contributed by atoms with Crippen LogP contribution >= 0.6 is 0 Å². The van der Waals surface area contributed by atoms with Crippen LogP contribution < -0.4 is 0 Å². The van der Waals surface area contributed by atoms with Gasteiger partial charge in [-0.25, -0.2) is 4.39 Å². The summed E-state index contributed by atoms with van der Waals surface area (Å²) < 4.78 is 15.5. The van der Waals surface area contributed by atoms with Gasteiger partial charge < -0.3 is 0 Å². The lowest BCUT2D eigenvalue weighted by atomic mass is 9.49. The molecule has 2 unspecified atom stereocenters. The van der Waals surface area contributed by atoms with E-state index in [1.54, 1.807) is 16.9 Å². The number of hydrogen-bond donors (Lipinski definition) is 0. The second-order valence-corrected chi connectivity index (χ2v) is 12.0. The Morgan fingerprint density at radius 3 is 2.81 bits per heavy atom. The first kappa shape index (κ1) is 20.9. The summed E-state index contributed by atoms with van der Waals surface area (Å²) in [5, 5.41) is 5.32. The van der Waals surface area contributed by atoms with Gasteiger partial charge in [0.2, 0.25) is 0 Å². The molecule has 1 aromatic heterocycles. The van der Waals surface area contributed by atoms with Crippen molar-refractivity contribution >= 4 is 16.7 Å². The minimum absolute atomic E-state index is 0.130. The van der Waals surface area contributed by atoms with Crippen molar-refractivity contribution in [2.24, 2.45) is 46.8 Å². The van der Waals surface area contributed by atoms with Crippen LogP contribution in [0.3, 0.4) is 0 Å². The van der Waals surface area contributed by atoms with E-state index in [2.05, 4.69) is 18.9 Å². The maximum Gasteiger partial charge on any atom is 0.157 e. The van der Waals surface area contributed by atoms with Crippen LogP contribution in [0.5, 0.6) is 0 Å². The van der Waals surface area contributed by atoms with Crippen LogP contribution in [0.4, 0.5) is 4.39 Å². The highest BCUT2D eigenvalue weighted by Gasteiger charge is 2.58. The Morgan fingerprint density at radius 1 is 1.09 bits per heavy atom. The van der Waals surface area contributed by atoms with E-state index in [-0.39, 0.29) is 23.7 Å². The largest absolute Gasteiger partial charge is 0.297 e. The van der Waals surface area contributed by atoms with Crippen LogP contribution in [0.15, 0.2) is 24.4 Å². The fourth-order valence-corrected chi connectivity index (χ4v) is 9.04. The zero-order chi connectivity index (χ0) is 22.0. The molecule has 3 nitrogen and oxygen atoms in total. The Balaban J connectivity index is 1.21. The lowest BCUT2D eigenvalue weighted by Crippen LogP contribution is -2.49. The predicted molar refractivity (Wildman–Crippen MR) is 124 cm³/mol. The van der Waals surface area contributed by atoms with Crippen LogP contribution in [-0.2, 0) is 11.3 Å². The highest BCUT2D eigenvalue weighted by Crippen LogP contribution is 2.64. The van der Waals surface area contributed by atoms with Gasteiger partial charge in [-0.15, -0.1) is 0 Å². The van der Waals surface area contributed by atoms with E-state index in [0.717, 1.165) is 46.9 Å². The monoisotopic (exact) mass is 436 g/mol. The van der Waals surface area contributed by atoms with E-state index < -0.39 is 0 Å². The van der Waals surface area contributed by atoms with Crippen molar-refractivity contribution in [3.63, 3.8) is 0 Å². The summed E-state index contributed by atoms with van der Waals surface area (Å²) in [5.41, 5.74) is 0.868. The van der Waals surface area contributed by atoms with Crippen LogP contribution in [0.2, 0.25) is 0 Å². The third-order valence-electron chi connectivity index (χ3n) is 10.5. The minimum atomic E-state index is -0.273. The van der Waals surface area contributed by atoms with Gasteiger partial charge in [-0.1, -0.05) is 20.3 Å². The molecule has 172 valence electrons. The predicted octanol–water partition coefficient (Wildman–Crippen LogP) is 6.65. The van der Waals surface area contributed by atoms with Crippen molar-refractivity contribution in [2.45, 2.75) is 78.2 Å². The highest BCUT2D eigenvalue weighted by atomic mass is 19.1. The van der Waals surface area contributed by atoms with Crippen molar-refractivity contribution in [3.8, 4) is 0 Å². The molecule has 1 heterocycles. The van der Waals surface area contributed by atoms with E-state index in [1.165, 1.54) is 63.5 Å². The molecule has 32 heavy (non-hydrogen) atoms. The molecule has 6 rings (SSSR count). The van der Waals surface area contributed by atoms with Gasteiger partial charge in [-0.3, -0.25) is 9.48 Å². The molecule has 0 amide bonds. The maximum absolute atomic E-state index is 13.8. The fraction of sp³-hybridized carbons (Fsp3) is 0.714. The molecular formula is C28H37FN2O. The number of aromatic nitrogens is 2. The molecule has 0 spiro atoms. The standard InChI is InChI=1S/C28H37FN2O/c1-17-3-7-21-18(13-17)5-8-23-22(21)11-12-28(2)24(23)9-10-25(28)27(32)16-31-26-14-20(29)6-4-19(26)15-30-31/h4,6,14-15,17-18,21-25H,3,5,7-13,16H2,1-2H3/t17-,18+,21-,22?,23+,24?,25+,28-/m0/s1. The number of benzene rings is 1. The van der Waals surface area contributed by atoms with Gasteiger partial charge >= 0.3 is 0 Å². The number of rotatable bonds is 3. The Kier molecular flexibility index (Phi) is 5.00. The molecule has 1 aromatic carbocycles. The Hall–Kier alpha value is -1.71. The molecule has 4 heteroatoms. The maximum atomic E-state index is 13.8. The summed E-state index contributed by atoms with van der Waals surface area (Å²) in [6.45, 7) is 5.15.